The second-order valence-electron chi connectivity index (χ2n) is 7.17. The summed E-state index contributed by atoms with van der Waals surface area (Å²) in [6.07, 6.45) is 4.24. The molecular formula is C21H31IN4OS. The average Bonchev–Trinajstić information content (AvgIpc) is 3.33. The number of nitrogens with zero attached hydrogens (tertiary/aromatic N) is 2. The Morgan fingerprint density at radius 2 is 2.07 bits per heavy atom. The maximum Gasteiger partial charge on any atom is 0.191 e. The molecule has 3 rings (SSSR count). The highest BCUT2D eigenvalue weighted by Crippen LogP contribution is 2.23. The Balaban J connectivity index is 0.00000280. The number of benzene rings is 1. The zero-order chi connectivity index (χ0) is 19.0. The summed E-state index contributed by atoms with van der Waals surface area (Å²) < 4.78 is 5.84. The van der Waals surface area contributed by atoms with Crippen molar-refractivity contribution in [1.82, 2.24) is 15.6 Å². The molecule has 0 radical (unpaired) electrons. The fourth-order valence-electron chi connectivity index (χ4n) is 3.18. The standard InChI is InChI=1S/C21H30N4OS.HI/c1-3-22-20(24-16-21(2)12-7-13-26-21)23-14-18-15-27-19(25-18)11-10-17-8-5-4-6-9-17;/h4-6,8-9,15H,3,7,10-14,16H2,1-2H3,(H2,22,23,24);1H. The highest BCUT2D eigenvalue weighted by Gasteiger charge is 2.29. The van der Waals surface area contributed by atoms with Gasteiger partial charge in [-0.05, 0) is 38.7 Å². The Kier molecular flexibility index (Phi) is 9.67. The minimum absolute atomic E-state index is 0. The van der Waals surface area contributed by atoms with E-state index in [1.54, 1.807) is 11.3 Å². The zero-order valence-corrected chi connectivity index (χ0v) is 19.9. The van der Waals surface area contributed by atoms with Gasteiger partial charge in [0.2, 0.25) is 0 Å². The third kappa shape index (κ3) is 7.33. The quantitative estimate of drug-likeness (QED) is 0.316. The Morgan fingerprint density at radius 3 is 2.79 bits per heavy atom. The molecule has 7 heteroatoms. The van der Waals surface area contributed by atoms with Crippen LogP contribution in [-0.4, -0.2) is 36.2 Å². The van der Waals surface area contributed by atoms with Crippen molar-refractivity contribution in [2.24, 2.45) is 4.99 Å². The monoisotopic (exact) mass is 514 g/mol. The number of aryl methyl sites for hydroxylation is 2. The van der Waals surface area contributed by atoms with Crippen LogP contribution in [0.25, 0.3) is 0 Å². The number of thiazole rings is 1. The number of aromatic nitrogens is 1. The highest BCUT2D eigenvalue weighted by atomic mass is 127. The molecule has 154 valence electrons. The lowest BCUT2D eigenvalue weighted by Crippen LogP contribution is -2.45. The van der Waals surface area contributed by atoms with Crippen molar-refractivity contribution >= 4 is 41.3 Å². The number of hydrogen-bond donors (Lipinski definition) is 2. The van der Waals surface area contributed by atoms with E-state index in [1.165, 1.54) is 10.6 Å². The zero-order valence-electron chi connectivity index (χ0n) is 16.7. The lowest BCUT2D eigenvalue weighted by Gasteiger charge is -2.24. The molecule has 1 atom stereocenters. The second kappa shape index (κ2) is 11.7. The molecule has 1 aromatic carbocycles. The smallest absolute Gasteiger partial charge is 0.191 e. The molecule has 0 amide bonds. The maximum atomic E-state index is 5.84. The maximum absolute atomic E-state index is 5.84. The molecular weight excluding hydrogens is 483 g/mol. The Hall–Kier alpha value is -1.19. The Bertz CT molecular complexity index is 729. The summed E-state index contributed by atoms with van der Waals surface area (Å²) in [6, 6.07) is 10.6. The number of nitrogens with one attached hydrogen (secondary N) is 2. The van der Waals surface area contributed by atoms with Crippen LogP contribution < -0.4 is 10.6 Å². The van der Waals surface area contributed by atoms with E-state index < -0.39 is 0 Å². The largest absolute Gasteiger partial charge is 0.373 e. The predicted octanol–water partition coefficient (Wildman–Crippen LogP) is 4.17. The van der Waals surface area contributed by atoms with Gasteiger partial charge in [-0.2, -0.15) is 0 Å². The van der Waals surface area contributed by atoms with Crippen LogP contribution in [-0.2, 0) is 24.1 Å². The number of halogens is 1. The first-order chi connectivity index (χ1) is 13.2. The molecule has 2 heterocycles. The van der Waals surface area contributed by atoms with Gasteiger partial charge >= 0.3 is 0 Å². The lowest BCUT2D eigenvalue weighted by atomic mass is 10.0. The van der Waals surface area contributed by atoms with Gasteiger partial charge in [0, 0.05) is 31.5 Å². The van der Waals surface area contributed by atoms with Gasteiger partial charge in [-0.15, -0.1) is 35.3 Å². The van der Waals surface area contributed by atoms with Crippen molar-refractivity contribution in [3.05, 3.63) is 52.0 Å². The molecule has 0 saturated carbocycles. The first-order valence-corrected chi connectivity index (χ1v) is 10.7. The molecule has 1 saturated heterocycles. The minimum Gasteiger partial charge on any atom is -0.373 e. The third-order valence-electron chi connectivity index (χ3n) is 4.74. The summed E-state index contributed by atoms with van der Waals surface area (Å²) in [5.41, 5.74) is 2.30. The highest BCUT2D eigenvalue weighted by molar-refractivity contribution is 14.0. The van der Waals surface area contributed by atoms with E-state index in [2.05, 4.69) is 60.2 Å². The molecule has 5 nitrogen and oxygen atoms in total. The predicted molar refractivity (Wildman–Crippen MR) is 128 cm³/mol. The van der Waals surface area contributed by atoms with Crippen LogP contribution in [0.1, 0.15) is 43.0 Å². The number of guanidine groups is 1. The van der Waals surface area contributed by atoms with Gasteiger partial charge in [0.05, 0.1) is 22.8 Å². The molecule has 0 aliphatic carbocycles. The van der Waals surface area contributed by atoms with Gasteiger partial charge in [-0.3, -0.25) is 0 Å². The van der Waals surface area contributed by atoms with Crippen molar-refractivity contribution in [2.75, 3.05) is 19.7 Å². The number of rotatable bonds is 8. The Labute approximate surface area is 189 Å². The van der Waals surface area contributed by atoms with Gasteiger partial charge in [-0.25, -0.2) is 9.98 Å². The average molecular weight is 514 g/mol. The molecule has 1 unspecified atom stereocenters. The number of ether oxygens (including phenoxy) is 1. The van der Waals surface area contributed by atoms with Crippen LogP contribution in [0.3, 0.4) is 0 Å². The van der Waals surface area contributed by atoms with E-state index in [-0.39, 0.29) is 29.6 Å². The minimum atomic E-state index is -0.0819. The van der Waals surface area contributed by atoms with Gasteiger partial charge in [-0.1, -0.05) is 30.3 Å². The van der Waals surface area contributed by atoms with Crippen molar-refractivity contribution < 1.29 is 4.74 Å². The van der Waals surface area contributed by atoms with Crippen LogP contribution in [0.15, 0.2) is 40.7 Å². The van der Waals surface area contributed by atoms with E-state index >= 15 is 0 Å². The van der Waals surface area contributed by atoms with Crippen molar-refractivity contribution in [2.45, 2.75) is 51.7 Å². The fraction of sp³-hybridized carbons (Fsp3) is 0.524. The van der Waals surface area contributed by atoms with E-state index in [0.29, 0.717) is 6.54 Å². The van der Waals surface area contributed by atoms with E-state index in [1.807, 2.05) is 0 Å². The van der Waals surface area contributed by atoms with Crippen LogP contribution in [0, 0.1) is 0 Å². The van der Waals surface area contributed by atoms with Crippen LogP contribution in [0.4, 0.5) is 0 Å². The molecule has 1 aliphatic heterocycles. The van der Waals surface area contributed by atoms with Crippen molar-refractivity contribution in [1.29, 1.82) is 0 Å². The van der Waals surface area contributed by atoms with Crippen molar-refractivity contribution in [3.8, 4) is 0 Å². The summed E-state index contributed by atoms with van der Waals surface area (Å²) in [4.78, 5) is 9.43. The van der Waals surface area contributed by atoms with Crippen LogP contribution in [0.5, 0.6) is 0 Å². The molecule has 1 aromatic heterocycles. The molecule has 1 fully saturated rings. The summed E-state index contributed by atoms with van der Waals surface area (Å²) in [5.74, 6) is 0.827. The topological polar surface area (TPSA) is 58.5 Å². The molecule has 28 heavy (non-hydrogen) atoms. The fourth-order valence-corrected chi connectivity index (χ4v) is 3.97. The van der Waals surface area contributed by atoms with Gasteiger partial charge in [0.1, 0.15) is 0 Å². The SMILES string of the molecule is CCNC(=NCc1csc(CCc2ccccc2)n1)NCC1(C)CCCO1.I. The third-order valence-corrected chi connectivity index (χ3v) is 5.70. The first kappa shape index (κ1) is 23.1. The van der Waals surface area contributed by atoms with Gasteiger partial charge < -0.3 is 15.4 Å². The summed E-state index contributed by atoms with van der Waals surface area (Å²) in [6.45, 7) is 7.30. The summed E-state index contributed by atoms with van der Waals surface area (Å²) >= 11 is 1.73. The summed E-state index contributed by atoms with van der Waals surface area (Å²) in [5, 5.41) is 10.0. The van der Waals surface area contributed by atoms with E-state index in [0.717, 1.165) is 57.0 Å². The van der Waals surface area contributed by atoms with Gasteiger partial charge in [0.15, 0.2) is 5.96 Å². The van der Waals surface area contributed by atoms with Gasteiger partial charge in [0.25, 0.3) is 0 Å². The van der Waals surface area contributed by atoms with E-state index in [4.69, 9.17) is 14.7 Å². The molecule has 2 aromatic rings. The van der Waals surface area contributed by atoms with Crippen molar-refractivity contribution in [3.63, 3.8) is 0 Å². The lowest BCUT2D eigenvalue weighted by molar-refractivity contribution is 0.0243. The van der Waals surface area contributed by atoms with Crippen LogP contribution in [0.2, 0.25) is 0 Å². The molecule has 0 spiro atoms. The number of aliphatic imine (C=N–C) groups is 1. The Morgan fingerprint density at radius 1 is 1.25 bits per heavy atom. The normalized spacial score (nSPS) is 19.3. The molecule has 0 bridgehead atoms. The number of hydrogen-bond acceptors (Lipinski definition) is 4. The van der Waals surface area contributed by atoms with E-state index in [9.17, 15) is 0 Å². The second-order valence-corrected chi connectivity index (χ2v) is 8.11. The molecule has 2 N–H and O–H groups in total. The molecule has 1 aliphatic rings. The van der Waals surface area contributed by atoms with Crippen LogP contribution >= 0.6 is 35.3 Å². The summed E-state index contributed by atoms with van der Waals surface area (Å²) in [7, 11) is 0. The first-order valence-electron chi connectivity index (χ1n) is 9.80.